The molecule has 0 aromatic heterocycles. The van der Waals surface area contributed by atoms with Crippen LogP contribution in [0.2, 0.25) is 0 Å². The number of rotatable bonds is 3. The Morgan fingerprint density at radius 1 is 1.05 bits per heavy atom. The molecule has 20 heavy (non-hydrogen) atoms. The van der Waals surface area contributed by atoms with E-state index in [1.807, 2.05) is 0 Å². The van der Waals surface area contributed by atoms with Gasteiger partial charge in [-0.1, -0.05) is 12.1 Å². The summed E-state index contributed by atoms with van der Waals surface area (Å²) in [4.78, 5) is 23.4. The maximum atomic E-state index is 12.0. The van der Waals surface area contributed by atoms with Gasteiger partial charge >= 0.3 is 5.97 Å². The third kappa shape index (κ3) is 3.14. The van der Waals surface area contributed by atoms with Crippen molar-refractivity contribution in [3.8, 4) is 5.75 Å². The second kappa shape index (κ2) is 5.88. The molecule has 0 aliphatic carbocycles. The number of phenols is 1. The Hall–Kier alpha value is -2.82. The molecule has 2 aromatic carbocycles. The largest absolute Gasteiger partial charge is 0.508 e. The van der Waals surface area contributed by atoms with Gasteiger partial charge in [0.15, 0.2) is 0 Å². The third-order valence-electron chi connectivity index (χ3n) is 2.65. The summed E-state index contributed by atoms with van der Waals surface area (Å²) in [6.07, 6.45) is 0. The minimum atomic E-state index is -0.503. The summed E-state index contributed by atoms with van der Waals surface area (Å²) in [6.45, 7) is 0. The van der Waals surface area contributed by atoms with E-state index in [-0.39, 0.29) is 11.7 Å². The number of hydrogen-bond acceptors (Lipinski definition) is 4. The summed E-state index contributed by atoms with van der Waals surface area (Å²) in [5, 5.41) is 12.0. The number of benzene rings is 2. The maximum absolute atomic E-state index is 12.0. The molecular formula is C15H13NO4. The number of carbonyl (C=O) groups is 2. The second-order valence-electron chi connectivity index (χ2n) is 4.08. The molecule has 102 valence electrons. The molecule has 0 saturated heterocycles. The van der Waals surface area contributed by atoms with E-state index in [0.29, 0.717) is 16.8 Å². The Bertz CT molecular complexity index is 652. The van der Waals surface area contributed by atoms with Crippen molar-refractivity contribution in [1.82, 2.24) is 0 Å². The van der Waals surface area contributed by atoms with Crippen molar-refractivity contribution in [2.45, 2.75) is 0 Å². The first-order chi connectivity index (χ1) is 9.60. The molecular weight excluding hydrogens is 258 g/mol. The number of anilines is 1. The number of methoxy groups -OCH3 is 1. The molecule has 0 aliphatic rings. The van der Waals surface area contributed by atoms with Gasteiger partial charge in [-0.25, -0.2) is 4.79 Å². The molecule has 0 atom stereocenters. The van der Waals surface area contributed by atoms with E-state index in [1.165, 1.54) is 25.3 Å². The van der Waals surface area contributed by atoms with Gasteiger partial charge in [0.1, 0.15) is 5.75 Å². The van der Waals surface area contributed by atoms with E-state index >= 15 is 0 Å². The predicted octanol–water partition coefficient (Wildman–Crippen LogP) is 2.43. The quantitative estimate of drug-likeness (QED) is 0.841. The first-order valence-corrected chi connectivity index (χ1v) is 5.89. The molecule has 0 spiro atoms. The molecule has 2 N–H and O–H groups in total. The van der Waals surface area contributed by atoms with E-state index in [9.17, 15) is 14.7 Å². The van der Waals surface area contributed by atoms with Crippen LogP contribution in [0, 0.1) is 0 Å². The van der Waals surface area contributed by atoms with Crippen molar-refractivity contribution in [3.05, 3.63) is 59.7 Å². The fourth-order valence-electron chi connectivity index (χ4n) is 1.69. The number of hydrogen-bond donors (Lipinski definition) is 2. The highest BCUT2D eigenvalue weighted by Gasteiger charge is 2.10. The Morgan fingerprint density at radius 2 is 1.75 bits per heavy atom. The second-order valence-corrected chi connectivity index (χ2v) is 4.08. The molecule has 2 aromatic rings. The van der Waals surface area contributed by atoms with Crippen LogP contribution in [0.3, 0.4) is 0 Å². The van der Waals surface area contributed by atoms with E-state index in [4.69, 9.17) is 0 Å². The summed E-state index contributed by atoms with van der Waals surface area (Å²) in [6, 6.07) is 12.4. The van der Waals surface area contributed by atoms with Gasteiger partial charge in [-0.05, 0) is 30.3 Å². The zero-order chi connectivity index (χ0) is 14.5. The molecule has 0 bridgehead atoms. The average molecular weight is 271 g/mol. The summed E-state index contributed by atoms with van der Waals surface area (Å²) in [7, 11) is 1.28. The smallest absolute Gasteiger partial charge is 0.337 e. The van der Waals surface area contributed by atoms with Crippen molar-refractivity contribution in [3.63, 3.8) is 0 Å². The molecule has 0 unspecified atom stereocenters. The van der Waals surface area contributed by atoms with Gasteiger partial charge in [-0.3, -0.25) is 4.79 Å². The van der Waals surface area contributed by atoms with Crippen LogP contribution in [-0.4, -0.2) is 24.1 Å². The number of nitrogens with one attached hydrogen (secondary N) is 1. The van der Waals surface area contributed by atoms with Crippen LogP contribution in [-0.2, 0) is 4.74 Å². The van der Waals surface area contributed by atoms with Crippen LogP contribution in [0.25, 0.3) is 0 Å². The average Bonchev–Trinajstić information content (AvgIpc) is 2.46. The van der Waals surface area contributed by atoms with Crippen LogP contribution in [0.1, 0.15) is 20.7 Å². The lowest BCUT2D eigenvalue weighted by atomic mass is 10.1. The number of esters is 1. The monoisotopic (exact) mass is 271 g/mol. The molecule has 0 radical (unpaired) electrons. The van der Waals surface area contributed by atoms with Crippen molar-refractivity contribution in [1.29, 1.82) is 0 Å². The number of phenolic OH excluding ortho intramolecular Hbond substituents is 1. The highest BCUT2D eigenvalue weighted by Crippen LogP contribution is 2.16. The van der Waals surface area contributed by atoms with E-state index < -0.39 is 5.97 Å². The zero-order valence-corrected chi connectivity index (χ0v) is 10.8. The SMILES string of the molecule is COC(=O)c1cccc(C(=O)Nc2cccc(O)c2)c1. The van der Waals surface area contributed by atoms with Gasteiger partial charge in [0, 0.05) is 17.3 Å². The number of carbonyl (C=O) groups excluding carboxylic acids is 2. The van der Waals surface area contributed by atoms with Crippen LogP contribution < -0.4 is 5.32 Å². The van der Waals surface area contributed by atoms with Crippen LogP contribution in [0.15, 0.2) is 48.5 Å². The third-order valence-corrected chi connectivity index (χ3v) is 2.65. The van der Waals surface area contributed by atoms with Crippen LogP contribution in [0.4, 0.5) is 5.69 Å². The molecule has 0 saturated carbocycles. The van der Waals surface area contributed by atoms with Crippen molar-refractivity contribution < 1.29 is 19.4 Å². The van der Waals surface area contributed by atoms with Gasteiger partial charge < -0.3 is 15.2 Å². The summed E-state index contributed by atoms with van der Waals surface area (Å²) in [5.41, 5.74) is 1.10. The lowest BCUT2D eigenvalue weighted by molar-refractivity contribution is 0.0600. The number of ether oxygens (including phenoxy) is 1. The summed E-state index contributed by atoms with van der Waals surface area (Å²) >= 11 is 0. The van der Waals surface area contributed by atoms with Gasteiger partial charge in [-0.15, -0.1) is 0 Å². The molecule has 1 amide bonds. The highest BCUT2D eigenvalue weighted by molar-refractivity contribution is 6.05. The molecule has 0 aliphatic heterocycles. The van der Waals surface area contributed by atoms with Crippen molar-refractivity contribution in [2.24, 2.45) is 0 Å². The van der Waals surface area contributed by atoms with E-state index in [1.54, 1.807) is 30.3 Å². The number of amides is 1. The fraction of sp³-hybridized carbons (Fsp3) is 0.0667. The molecule has 5 nitrogen and oxygen atoms in total. The minimum Gasteiger partial charge on any atom is -0.508 e. The first-order valence-electron chi connectivity index (χ1n) is 5.89. The summed E-state index contributed by atoms with van der Waals surface area (Å²) < 4.78 is 4.60. The Labute approximate surface area is 115 Å². The zero-order valence-electron chi connectivity index (χ0n) is 10.8. The first kappa shape index (κ1) is 13.6. The molecule has 0 fully saturated rings. The van der Waals surface area contributed by atoms with Crippen LogP contribution in [0.5, 0.6) is 5.75 Å². The van der Waals surface area contributed by atoms with E-state index in [0.717, 1.165) is 0 Å². The highest BCUT2D eigenvalue weighted by atomic mass is 16.5. The Balaban J connectivity index is 2.19. The van der Waals surface area contributed by atoms with Gasteiger partial charge in [0.25, 0.3) is 5.91 Å². The van der Waals surface area contributed by atoms with Crippen molar-refractivity contribution >= 4 is 17.6 Å². The molecule has 2 rings (SSSR count). The molecule has 5 heteroatoms. The predicted molar refractivity (Wildman–Crippen MR) is 73.8 cm³/mol. The van der Waals surface area contributed by atoms with Gasteiger partial charge in [0.05, 0.1) is 12.7 Å². The molecule has 0 heterocycles. The van der Waals surface area contributed by atoms with Crippen molar-refractivity contribution in [2.75, 3.05) is 12.4 Å². The lowest BCUT2D eigenvalue weighted by Crippen LogP contribution is -2.13. The van der Waals surface area contributed by atoms with Gasteiger partial charge in [0.2, 0.25) is 0 Å². The fourth-order valence-corrected chi connectivity index (χ4v) is 1.69. The minimum absolute atomic E-state index is 0.0612. The maximum Gasteiger partial charge on any atom is 0.337 e. The van der Waals surface area contributed by atoms with E-state index in [2.05, 4.69) is 10.1 Å². The lowest BCUT2D eigenvalue weighted by Gasteiger charge is -2.06. The number of aromatic hydroxyl groups is 1. The van der Waals surface area contributed by atoms with Crippen LogP contribution >= 0.6 is 0 Å². The Kier molecular flexibility index (Phi) is 4.00. The summed E-state index contributed by atoms with van der Waals surface area (Å²) in [5.74, 6) is -0.815. The Morgan fingerprint density at radius 3 is 2.45 bits per heavy atom. The normalized spacial score (nSPS) is 9.85. The van der Waals surface area contributed by atoms with Gasteiger partial charge in [-0.2, -0.15) is 0 Å². The topological polar surface area (TPSA) is 75.6 Å². The standard InChI is InChI=1S/C15H13NO4/c1-20-15(19)11-5-2-4-10(8-11)14(18)16-12-6-3-7-13(17)9-12/h2-9,17H,1H3,(H,16,18).